The van der Waals surface area contributed by atoms with Gasteiger partial charge in [-0.1, -0.05) is 30.3 Å². The fraction of sp³-hybridized carbons (Fsp3) is 0.500. The Morgan fingerprint density at radius 3 is 2.06 bits per heavy atom. The maximum absolute atomic E-state index is 8.06. The van der Waals surface area contributed by atoms with Crippen LogP contribution < -0.4 is 0 Å². The van der Waals surface area contributed by atoms with Crippen molar-refractivity contribution >= 4 is 19.7 Å². The van der Waals surface area contributed by atoms with Gasteiger partial charge < -0.3 is 17.7 Å². The lowest BCUT2D eigenvalue weighted by Gasteiger charge is -2.18. The minimum absolute atomic E-state index is 0.00758. The van der Waals surface area contributed by atoms with Gasteiger partial charge in [0.05, 0.1) is 6.10 Å². The normalized spacial score (nSPS) is 11.8. The van der Waals surface area contributed by atoms with Crippen LogP contribution in [0.1, 0.15) is 32.4 Å². The van der Waals surface area contributed by atoms with Crippen LogP contribution in [0.15, 0.2) is 30.3 Å². The second kappa shape index (κ2) is 11.4. The van der Waals surface area contributed by atoms with Crippen molar-refractivity contribution < 1.29 is 17.7 Å². The van der Waals surface area contributed by atoms with E-state index in [1.807, 2.05) is 51.1 Å². The van der Waals surface area contributed by atoms with Gasteiger partial charge in [0.2, 0.25) is 0 Å². The quantitative estimate of drug-likeness (QED) is 0.720. The van der Waals surface area contributed by atoms with Gasteiger partial charge in [0, 0.05) is 13.2 Å². The molecule has 0 aliphatic heterocycles. The molecule has 1 rings (SSSR count). The number of hydrogen-bond acceptors (Lipinski definition) is 4. The molecule has 0 N–H and O–H groups in total. The molecule has 18 heavy (non-hydrogen) atoms. The lowest BCUT2D eigenvalue weighted by atomic mass is 10.1. The zero-order valence-corrected chi connectivity index (χ0v) is 13.0. The topological polar surface area (TPSA) is 44.8 Å². The molecule has 3 radical (unpaired) electrons. The lowest BCUT2D eigenvalue weighted by Crippen LogP contribution is -2.28. The minimum atomic E-state index is -1.59. The Kier molecular flexibility index (Phi) is 11.0. The zero-order valence-electron chi connectivity index (χ0n) is 11.0. The van der Waals surface area contributed by atoms with E-state index in [0.29, 0.717) is 13.2 Å². The Bertz CT molecular complexity index is 291. The number of hydrogen-bond donors (Lipinski definition) is 0. The van der Waals surface area contributed by atoms with Crippen molar-refractivity contribution in [3.8, 4) is 0 Å². The number of benzene rings is 1. The fourth-order valence-corrected chi connectivity index (χ4v) is 2.40. The first-order valence-electron chi connectivity index (χ1n) is 5.82. The highest BCUT2D eigenvalue weighted by molar-refractivity contribution is 6.36. The summed E-state index contributed by atoms with van der Waals surface area (Å²) in [5.74, 6) is 0. The van der Waals surface area contributed by atoms with Crippen molar-refractivity contribution in [2.24, 2.45) is 0 Å². The van der Waals surface area contributed by atoms with Gasteiger partial charge in [-0.2, -0.15) is 0 Å². The molecule has 0 heterocycles. The van der Waals surface area contributed by atoms with Crippen molar-refractivity contribution in [2.45, 2.75) is 26.9 Å². The van der Waals surface area contributed by atoms with E-state index in [-0.39, 0.29) is 6.10 Å². The van der Waals surface area contributed by atoms with E-state index in [0.717, 1.165) is 5.56 Å². The summed E-state index contributed by atoms with van der Waals surface area (Å²) in [6.45, 7) is 7.14. The van der Waals surface area contributed by atoms with Gasteiger partial charge in [0.1, 0.15) is 0 Å². The highest BCUT2D eigenvalue weighted by atomic mass is 28.3. The third-order valence-corrected chi connectivity index (χ3v) is 3.66. The van der Waals surface area contributed by atoms with Gasteiger partial charge in [-0.25, -0.2) is 0 Å². The summed E-state index contributed by atoms with van der Waals surface area (Å²) in [6, 6.07) is 10.1. The first-order valence-corrected chi connectivity index (χ1v) is 7.45. The Labute approximate surface area is 114 Å². The van der Waals surface area contributed by atoms with Gasteiger partial charge in [-0.15, -0.1) is 0 Å². The second-order valence-electron chi connectivity index (χ2n) is 3.29. The summed E-state index contributed by atoms with van der Waals surface area (Å²) in [7, 11) is 0.130. The van der Waals surface area contributed by atoms with E-state index < -0.39 is 9.53 Å². The third-order valence-electron chi connectivity index (χ3n) is 2.07. The second-order valence-corrected chi connectivity index (χ2v) is 4.60. The molecule has 99 valence electrons. The van der Waals surface area contributed by atoms with Gasteiger partial charge >= 0.3 is 19.7 Å². The molecule has 1 aromatic carbocycles. The molecule has 0 aliphatic rings. The molecule has 0 bridgehead atoms. The summed E-state index contributed by atoms with van der Waals surface area (Å²) in [5.41, 5.74) is 1.14. The van der Waals surface area contributed by atoms with Gasteiger partial charge in [-0.05, 0) is 26.3 Å². The molecular formula is C12H19O4Si2. The van der Waals surface area contributed by atoms with E-state index in [4.69, 9.17) is 17.7 Å². The molecule has 0 saturated carbocycles. The summed E-state index contributed by atoms with van der Waals surface area (Å²) in [6.07, 6.45) is 0.00758. The Balaban J connectivity index is 0.00000137. The first kappa shape index (κ1) is 17.3. The van der Waals surface area contributed by atoms with Crippen molar-refractivity contribution in [2.75, 3.05) is 13.2 Å². The van der Waals surface area contributed by atoms with Crippen LogP contribution in [0.25, 0.3) is 0 Å². The average Bonchev–Trinajstić information content (AvgIpc) is 2.42. The molecule has 6 heteroatoms. The van der Waals surface area contributed by atoms with E-state index in [9.17, 15) is 0 Å². The van der Waals surface area contributed by atoms with Gasteiger partial charge in [0.25, 0.3) is 0 Å². The standard InChI is InChI=1S/C12H19O3Si.OSi/c1-4-13-16(14-5-2)15-11(3)12-9-7-6-8-10-12;1-2/h6-11H,4-5H2,1-3H3;. The van der Waals surface area contributed by atoms with Crippen LogP contribution >= 0.6 is 0 Å². The molecule has 1 aromatic rings. The van der Waals surface area contributed by atoms with Gasteiger partial charge in [0.15, 0.2) is 0 Å². The Morgan fingerprint density at radius 1 is 1.11 bits per heavy atom. The molecule has 1 atom stereocenters. The molecule has 0 saturated heterocycles. The smallest absolute Gasteiger partial charge is 0.381 e. The van der Waals surface area contributed by atoms with Crippen molar-refractivity contribution in [1.29, 1.82) is 0 Å². The van der Waals surface area contributed by atoms with Gasteiger partial charge in [-0.3, -0.25) is 0 Å². The van der Waals surface area contributed by atoms with Crippen LogP contribution in [0.4, 0.5) is 0 Å². The average molecular weight is 283 g/mol. The molecular weight excluding hydrogens is 264 g/mol. The third kappa shape index (κ3) is 6.92. The van der Waals surface area contributed by atoms with Crippen LogP contribution in [-0.2, 0) is 17.7 Å². The van der Waals surface area contributed by atoms with Crippen LogP contribution in [0.2, 0.25) is 0 Å². The van der Waals surface area contributed by atoms with E-state index in [1.165, 1.54) is 0 Å². The monoisotopic (exact) mass is 283 g/mol. The molecule has 0 spiro atoms. The summed E-state index contributed by atoms with van der Waals surface area (Å²) < 4.78 is 24.7. The highest BCUT2D eigenvalue weighted by Gasteiger charge is 2.21. The van der Waals surface area contributed by atoms with Crippen LogP contribution in [0, 0.1) is 0 Å². The van der Waals surface area contributed by atoms with Crippen molar-refractivity contribution in [3.05, 3.63) is 35.9 Å². The maximum atomic E-state index is 8.06. The minimum Gasteiger partial charge on any atom is -0.381 e. The highest BCUT2D eigenvalue weighted by Crippen LogP contribution is 2.17. The molecule has 0 amide bonds. The van der Waals surface area contributed by atoms with Crippen LogP contribution in [-0.4, -0.2) is 32.9 Å². The Morgan fingerprint density at radius 2 is 1.61 bits per heavy atom. The summed E-state index contributed by atoms with van der Waals surface area (Å²) in [4.78, 5) is 0. The van der Waals surface area contributed by atoms with Crippen molar-refractivity contribution in [3.63, 3.8) is 0 Å². The molecule has 1 unspecified atom stereocenters. The first-order chi connectivity index (χ1) is 8.77. The predicted molar refractivity (Wildman–Crippen MR) is 71.4 cm³/mol. The Hall–Kier alpha value is -0.666. The van der Waals surface area contributed by atoms with E-state index in [1.54, 1.807) is 10.1 Å². The lowest BCUT2D eigenvalue weighted by molar-refractivity contribution is 0.0700. The zero-order chi connectivity index (χ0) is 13.8. The largest absolute Gasteiger partial charge is 0.578 e. The molecule has 0 fully saturated rings. The van der Waals surface area contributed by atoms with E-state index >= 15 is 0 Å². The van der Waals surface area contributed by atoms with Crippen molar-refractivity contribution in [1.82, 2.24) is 0 Å². The van der Waals surface area contributed by atoms with Crippen LogP contribution in [0.5, 0.6) is 0 Å². The molecule has 0 aromatic heterocycles. The predicted octanol–water partition coefficient (Wildman–Crippen LogP) is 2.32. The SMILES string of the molecule is CCO[Si](OCC)OC(C)c1ccccc1.O=[Si]. The molecule has 0 aliphatic carbocycles. The summed E-state index contributed by atoms with van der Waals surface area (Å²) >= 11 is 0. The van der Waals surface area contributed by atoms with E-state index in [2.05, 4.69) is 0 Å². The number of rotatable bonds is 7. The summed E-state index contributed by atoms with van der Waals surface area (Å²) in [5, 5.41) is 0. The van der Waals surface area contributed by atoms with Crippen LogP contribution in [0.3, 0.4) is 0 Å². The fourth-order valence-electron chi connectivity index (χ4n) is 1.28. The maximum Gasteiger partial charge on any atom is 0.578 e. The molecule has 4 nitrogen and oxygen atoms in total.